The lowest BCUT2D eigenvalue weighted by molar-refractivity contribution is 0.178. The van der Waals surface area contributed by atoms with Crippen LogP contribution in [0.3, 0.4) is 0 Å². The van der Waals surface area contributed by atoms with Gasteiger partial charge in [0.05, 0.1) is 10.9 Å². The second-order valence-corrected chi connectivity index (χ2v) is 8.04. The predicted molar refractivity (Wildman–Crippen MR) is 110 cm³/mol. The highest BCUT2D eigenvalue weighted by Gasteiger charge is 2.19. The van der Waals surface area contributed by atoms with Gasteiger partial charge in [0.2, 0.25) is 0 Å². The molecule has 134 valence electrons. The maximum atomic E-state index is 6.01. The highest BCUT2D eigenvalue weighted by Crippen LogP contribution is 2.23. The maximum Gasteiger partial charge on any atom is 0.173 e. The van der Waals surface area contributed by atoms with Crippen LogP contribution in [0.1, 0.15) is 11.8 Å². The molecule has 1 aromatic carbocycles. The Morgan fingerprint density at radius 3 is 2.48 bits per heavy atom. The van der Waals surface area contributed by atoms with Crippen LogP contribution in [0, 0.1) is 0 Å². The quantitative estimate of drug-likeness (QED) is 0.761. The van der Waals surface area contributed by atoms with Crippen molar-refractivity contribution in [1.29, 1.82) is 0 Å². The van der Waals surface area contributed by atoms with Gasteiger partial charge in [-0.25, -0.2) is 0 Å². The third-order valence-electron chi connectivity index (χ3n) is 4.08. The van der Waals surface area contributed by atoms with Gasteiger partial charge in [0.15, 0.2) is 5.11 Å². The number of anilines is 1. The van der Waals surface area contributed by atoms with E-state index in [9.17, 15) is 0 Å². The highest BCUT2D eigenvalue weighted by molar-refractivity contribution is 7.80. The summed E-state index contributed by atoms with van der Waals surface area (Å²) in [5, 5.41) is 4.10. The summed E-state index contributed by atoms with van der Waals surface area (Å²) in [6, 6.07) is 12.0. The predicted octanol–water partition coefficient (Wildman–Crippen LogP) is 4.31. The van der Waals surface area contributed by atoms with Crippen molar-refractivity contribution in [2.75, 3.05) is 38.1 Å². The third-order valence-corrected chi connectivity index (χ3v) is 5.66. The molecule has 0 unspecified atom stereocenters. The number of hydrogen-bond donors (Lipinski definition) is 1. The number of halogens is 1. The minimum Gasteiger partial charge on any atom is -0.494 e. The molecule has 0 saturated carbocycles. The molecule has 3 rings (SSSR count). The lowest BCUT2D eigenvalue weighted by atomic mass is 10.3. The van der Waals surface area contributed by atoms with E-state index in [4.69, 9.17) is 28.6 Å². The molecule has 2 aromatic rings. The van der Waals surface area contributed by atoms with Gasteiger partial charge in [0.25, 0.3) is 0 Å². The van der Waals surface area contributed by atoms with Crippen LogP contribution in [0.25, 0.3) is 0 Å². The molecule has 1 aromatic heterocycles. The minimum absolute atomic E-state index is 0.674. The average molecular weight is 396 g/mol. The van der Waals surface area contributed by atoms with E-state index in [1.165, 1.54) is 4.88 Å². The Kier molecular flexibility index (Phi) is 6.53. The van der Waals surface area contributed by atoms with Gasteiger partial charge in [-0.3, -0.25) is 4.90 Å². The number of nitrogens with one attached hydrogen (secondary N) is 1. The summed E-state index contributed by atoms with van der Waals surface area (Å²) in [6.45, 7) is 7.48. The molecule has 0 aliphatic carbocycles. The molecule has 1 saturated heterocycles. The first-order valence-corrected chi connectivity index (χ1v) is 9.99. The second-order valence-electron chi connectivity index (χ2n) is 5.86. The number of thiocarbonyl (C=S) groups is 1. The summed E-state index contributed by atoms with van der Waals surface area (Å²) in [7, 11) is 0. The lowest BCUT2D eigenvalue weighted by Crippen LogP contribution is -2.49. The van der Waals surface area contributed by atoms with E-state index in [0.717, 1.165) is 53.6 Å². The number of hydrogen-bond acceptors (Lipinski definition) is 4. The van der Waals surface area contributed by atoms with Crippen LogP contribution in [0.15, 0.2) is 36.4 Å². The van der Waals surface area contributed by atoms with Crippen LogP contribution in [0.4, 0.5) is 5.69 Å². The normalized spacial score (nSPS) is 15.2. The van der Waals surface area contributed by atoms with Gasteiger partial charge >= 0.3 is 0 Å². The zero-order valence-corrected chi connectivity index (χ0v) is 16.6. The Labute approximate surface area is 163 Å². The monoisotopic (exact) mass is 395 g/mol. The van der Waals surface area contributed by atoms with E-state index in [1.54, 1.807) is 11.3 Å². The van der Waals surface area contributed by atoms with Gasteiger partial charge in [0.1, 0.15) is 5.75 Å². The van der Waals surface area contributed by atoms with Crippen molar-refractivity contribution < 1.29 is 4.74 Å². The molecule has 0 amide bonds. The van der Waals surface area contributed by atoms with Gasteiger partial charge in [-0.2, -0.15) is 0 Å². The number of rotatable bonds is 5. The van der Waals surface area contributed by atoms with E-state index >= 15 is 0 Å². The van der Waals surface area contributed by atoms with Crippen molar-refractivity contribution in [3.8, 4) is 5.75 Å². The van der Waals surface area contributed by atoms with Crippen LogP contribution in [-0.4, -0.2) is 47.7 Å². The molecule has 0 spiro atoms. The molecule has 4 nitrogen and oxygen atoms in total. The van der Waals surface area contributed by atoms with E-state index < -0.39 is 0 Å². The van der Waals surface area contributed by atoms with Crippen LogP contribution in [0.5, 0.6) is 5.75 Å². The summed E-state index contributed by atoms with van der Waals surface area (Å²) < 4.78 is 6.32. The summed E-state index contributed by atoms with van der Waals surface area (Å²) in [4.78, 5) is 5.98. The zero-order chi connectivity index (χ0) is 17.6. The molecule has 1 N–H and O–H groups in total. The largest absolute Gasteiger partial charge is 0.494 e. The average Bonchev–Trinajstić information content (AvgIpc) is 3.02. The first kappa shape index (κ1) is 18.5. The molecular weight excluding hydrogens is 374 g/mol. The maximum absolute atomic E-state index is 6.01. The highest BCUT2D eigenvalue weighted by atomic mass is 35.5. The van der Waals surface area contributed by atoms with E-state index in [1.807, 2.05) is 37.3 Å². The number of thiophene rings is 1. The van der Waals surface area contributed by atoms with Gasteiger partial charge in [-0.15, -0.1) is 11.3 Å². The third kappa shape index (κ3) is 5.31. The Hall–Kier alpha value is -1.34. The fourth-order valence-electron chi connectivity index (χ4n) is 2.77. The number of nitrogens with zero attached hydrogens (tertiary/aromatic N) is 2. The molecule has 1 aliphatic heterocycles. The fraction of sp³-hybridized carbons (Fsp3) is 0.389. The van der Waals surface area contributed by atoms with E-state index in [-0.39, 0.29) is 0 Å². The van der Waals surface area contributed by atoms with Crippen LogP contribution in [0.2, 0.25) is 4.34 Å². The van der Waals surface area contributed by atoms with Gasteiger partial charge in [0, 0.05) is 43.3 Å². The standard InChI is InChI=1S/C18H22ClN3OS2/c1-2-23-15-5-3-14(4-6-15)20-18(24)22-11-9-21(10-12-22)13-16-7-8-17(19)25-16/h3-8H,2,9-13H2,1H3,(H,20,24). The molecular formula is C18H22ClN3OS2. The van der Waals surface area contributed by atoms with Crippen molar-refractivity contribution in [3.63, 3.8) is 0 Å². The topological polar surface area (TPSA) is 27.7 Å². The van der Waals surface area contributed by atoms with Gasteiger partial charge in [-0.05, 0) is 55.5 Å². The molecule has 0 bridgehead atoms. The van der Waals surface area contributed by atoms with Crippen molar-refractivity contribution in [2.24, 2.45) is 0 Å². The molecule has 7 heteroatoms. The van der Waals surface area contributed by atoms with Crippen molar-refractivity contribution in [3.05, 3.63) is 45.6 Å². The first-order valence-electron chi connectivity index (χ1n) is 8.39. The van der Waals surface area contributed by atoms with E-state index in [0.29, 0.717) is 6.61 Å². The Morgan fingerprint density at radius 1 is 1.16 bits per heavy atom. The molecule has 1 fully saturated rings. The van der Waals surface area contributed by atoms with Crippen molar-refractivity contribution >= 4 is 46.0 Å². The Bertz CT molecular complexity index is 697. The van der Waals surface area contributed by atoms with Gasteiger partial charge < -0.3 is 15.0 Å². The van der Waals surface area contributed by atoms with Crippen LogP contribution in [-0.2, 0) is 6.54 Å². The molecule has 0 atom stereocenters. The number of ether oxygens (including phenoxy) is 1. The molecule has 1 aliphatic rings. The van der Waals surface area contributed by atoms with Gasteiger partial charge in [-0.1, -0.05) is 11.6 Å². The summed E-state index contributed by atoms with van der Waals surface area (Å²) in [5.74, 6) is 0.876. The van der Waals surface area contributed by atoms with Crippen LogP contribution < -0.4 is 10.1 Å². The lowest BCUT2D eigenvalue weighted by Gasteiger charge is -2.36. The smallest absolute Gasteiger partial charge is 0.173 e. The molecule has 2 heterocycles. The number of piperazine rings is 1. The van der Waals surface area contributed by atoms with E-state index in [2.05, 4.69) is 21.2 Å². The first-order chi connectivity index (χ1) is 12.1. The Morgan fingerprint density at radius 2 is 1.88 bits per heavy atom. The fourth-order valence-corrected chi connectivity index (χ4v) is 4.20. The summed E-state index contributed by atoms with van der Waals surface area (Å²) in [5.41, 5.74) is 0.990. The van der Waals surface area contributed by atoms with Crippen molar-refractivity contribution in [1.82, 2.24) is 9.80 Å². The second kappa shape index (κ2) is 8.85. The molecule has 25 heavy (non-hydrogen) atoms. The van der Waals surface area contributed by atoms with Crippen LogP contribution >= 0.6 is 35.2 Å². The van der Waals surface area contributed by atoms with Crippen molar-refractivity contribution in [2.45, 2.75) is 13.5 Å². The zero-order valence-electron chi connectivity index (χ0n) is 14.2. The minimum atomic E-state index is 0.674. The summed E-state index contributed by atoms with van der Waals surface area (Å²) >= 11 is 13.2. The Balaban J connectivity index is 1.46. The summed E-state index contributed by atoms with van der Waals surface area (Å²) in [6.07, 6.45) is 0. The molecule has 0 radical (unpaired) electrons. The SMILES string of the molecule is CCOc1ccc(NC(=S)N2CCN(Cc3ccc(Cl)s3)CC2)cc1. The number of benzene rings is 1.